The highest BCUT2D eigenvalue weighted by atomic mass is 16.1. The summed E-state index contributed by atoms with van der Waals surface area (Å²) in [5, 5.41) is 7.60. The van der Waals surface area contributed by atoms with Crippen LogP contribution in [0.25, 0.3) is 0 Å². The lowest BCUT2D eigenvalue weighted by molar-refractivity contribution is -0.121. The molecule has 0 spiro atoms. The minimum Gasteiger partial charge on any atom is -0.352 e. The Morgan fingerprint density at radius 3 is 2.68 bits per heavy atom. The molecule has 1 amide bonds. The number of carbonyl (C=O) groups excluding carboxylic acids is 1. The van der Waals surface area contributed by atoms with E-state index in [-0.39, 0.29) is 11.9 Å². The molecule has 1 saturated heterocycles. The van der Waals surface area contributed by atoms with Crippen LogP contribution in [0.5, 0.6) is 0 Å². The van der Waals surface area contributed by atoms with Gasteiger partial charge in [-0.15, -0.1) is 0 Å². The number of likely N-dealkylation sites (tertiary alicyclic amines) is 1. The first-order valence-corrected chi connectivity index (χ1v) is 9.03. The van der Waals surface area contributed by atoms with Gasteiger partial charge >= 0.3 is 0 Å². The topological polar surface area (TPSA) is 50.2 Å². The van der Waals surface area contributed by atoms with Crippen LogP contribution in [-0.2, 0) is 18.3 Å². The van der Waals surface area contributed by atoms with Crippen LogP contribution in [0.3, 0.4) is 0 Å². The van der Waals surface area contributed by atoms with Gasteiger partial charge in [-0.25, -0.2) is 0 Å². The molecular weight excluding hydrogens is 312 g/mol. The lowest BCUT2D eigenvalue weighted by Gasteiger charge is -2.24. The van der Waals surface area contributed by atoms with Crippen LogP contribution in [0.2, 0.25) is 0 Å². The van der Waals surface area contributed by atoms with E-state index in [0.29, 0.717) is 12.5 Å². The van der Waals surface area contributed by atoms with Crippen molar-refractivity contribution in [2.24, 2.45) is 7.05 Å². The smallest absolute Gasteiger partial charge is 0.224 e. The minimum atomic E-state index is 0.0958. The standard InChI is InChI=1S/C20H28N4O/c1-14-19(16(3)23(4)22-14)12-20(25)21-18-10-11-24(13-18)15(2)17-8-6-5-7-9-17/h5-9,15,18H,10-13H2,1-4H3,(H,21,25)/t15-,18+/m0/s1. The number of rotatable bonds is 5. The number of aromatic nitrogens is 2. The molecule has 5 nitrogen and oxygen atoms in total. The molecule has 1 aliphatic heterocycles. The second-order valence-corrected chi connectivity index (χ2v) is 7.08. The third kappa shape index (κ3) is 3.93. The second-order valence-electron chi connectivity index (χ2n) is 7.08. The van der Waals surface area contributed by atoms with Gasteiger partial charge in [-0.2, -0.15) is 5.10 Å². The molecule has 25 heavy (non-hydrogen) atoms. The summed E-state index contributed by atoms with van der Waals surface area (Å²) in [4.78, 5) is 14.9. The van der Waals surface area contributed by atoms with Gasteiger partial charge in [0.05, 0.1) is 12.1 Å². The van der Waals surface area contributed by atoms with E-state index < -0.39 is 0 Å². The number of nitrogens with zero attached hydrogens (tertiary/aromatic N) is 3. The normalized spacial score (nSPS) is 19.1. The van der Waals surface area contributed by atoms with Crippen molar-refractivity contribution < 1.29 is 4.79 Å². The molecule has 2 heterocycles. The van der Waals surface area contributed by atoms with Gasteiger partial charge in [0.25, 0.3) is 0 Å². The zero-order valence-electron chi connectivity index (χ0n) is 15.6. The molecule has 2 aromatic rings. The number of amides is 1. The van der Waals surface area contributed by atoms with Crippen LogP contribution in [0.15, 0.2) is 30.3 Å². The van der Waals surface area contributed by atoms with Crippen molar-refractivity contribution in [3.63, 3.8) is 0 Å². The Bertz CT molecular complexity index is 738. The summed E-state index contributed by atoms with van der Waals surface area (Å²) in [7, 11) is 1.92. The second kappa shape index (κ2) is 7.40. The van der Waals surface area contributed by atoms with Crippen molar-refractivity contribution in [3.05, 3.63) is 52.8 Å². The van der Waals surface area contributed by atoms with Gasteiger partial charge < -0.3 is 5.32 Å². The molecule has 0 unspecified atom stereocenters. The van der Waals surface area contributed by atoms with Crippen molar-refractivity contribution in [2.75, 3.05) is 13.1 Å². The summed E-state index contributed by atoms with van der Waals surface area (Å²) in [6, 6.07) is 11.2. The SMILES string of the molecule is Cc1nn(C)c(C)c1CC(=O)N[C@@H]1CCN([C@@H](C)c2ccccc2)C1. The predicted molar refractivity (Wildman–Crippen MR) is 99.4 cm³/mol. The fourth-order valence-corrected chi connectivity index (χ4v) is 3.71. The monoisotopic (exact) mass is 340 g/mol. The van der Waals surface area contributed by atoms with Crippen molar-refractivity contribution in [1.82, 2.24) is 20.0 Å². The van der Waals surface area contributed by atoms with Crippen LogP contribution in [0, 0.1) is 13.8 Å². The number of hydrogen-bond donors (Lipinski definition) is 1. The van der Waals surface area contributed by atoms with E-state index in [2.05, 4.69) is 46.5 Å². The Morgan fingerprint density at radius 2 is 2.04 bits per heavy atom. The fourth-order valence-electron chi connectivity index (χ4n) is 3.71. The zero-order valence-corrected chi connectivity index (χ0v) is 15.6. The van der Waals surface area contributed by atoms with Crippen molar-refractivity contribution in [1.29, 1.82) is 0 Å². The van der Waals surface area contributed by atoms with E-state index in [4.69, 9.17) is 0 Å². The molecule has 3 rings (SSSR count). The number of carbonyl (C=O) groups is 1. The van der Waals surface area contributed by atoms with Gasteiger partial charge in [-0.3, -0.25) is 14.4 Å². The third-order valence-corrected chi connectivity index (χ3v) is 5.41. The highest BCUT2D eigenvalue weighted by molar-refractivity contribution is 5.79. The summed E-state index contributed by atoms with van der Waals surface area (Å²) in [6.45, 7) is 8.15. The van der Waals surface area contributed by atoms with Gasteiger partial charge in [-0.05, 0) is 32.8 Å². The first-order chi connectivity index (χ1) is 12.0. The first kappa shape index (κ1) is 17.7. The Morgan fingerprint density at radius 1 is 1.32 bits per heavy atom. The maximum Gasteiger partial charge on any atom is 0.224 e. The minimum absolute atomic E-state index is 0.0958. The van der Waals surface area contributed by atoms with Crippen molar-refractivity contribution in [2.45, 2.75) is 45.7 Å². The highest BCUT2D eigenvalue weighted by Gasteiger charge is 2.28. The van der Waals surface area contributed by atoms with Gasteiger partial charge in [0.1, 0.15) is 0 Å². The first-order valence-electron chi connectivity index (χ1n) is 9.03. The Labute approximate surface area is 150 Å². The van der Waals surface area contributed by atoms with Crippen LogP contribution in [0.4, 0.5) is 0 Å². The number of nitrogens with one attached hydrogen (secondary N) is 1. The summed E-state index contributed by atoms with van der Waals surface area (Å²) in [6.07, 6.45) is 1.42. The Hall–Kier alpha value is -2.14. The number of hydrogen-bond acceptors (Lipinski definition) is 3. The molecule has 2 atom stereocenters. The lowest BCUT2D eigenvalue weighted by atomic mass is 10.1. The molecule has 0 aliphatic carbocycles. The molecule has 5 heteroatoms. The average molecular weight is 340 g/mol. The zero-order chi connectivity index (χ0) is 18.0. The molecule has 134 valence electrons. The van der Waals surface area contributed by atoms with E-state index in [9.17, 15) is 4.79 Å². The summed E-state index contributed by atoms with van der Waals surface area (Å²) >= 11 is 0. The van der Waals surface area contributed by atoms with Gasteiger partial charge in [0.2, 0.25) is 5.91 Å². The van der Waals surface area contributed by atoms with E-state index >= 15 is 0 Å². The number of aryl methyl sites for hydroxylation is 2. The summed E-state index contributed by atoms with van der Waals surface area (Å²) in [5.74, 6) is 0.0958. The Balaban J connectivity index is 1.55. The van der Waals surface area contributed by atoms with Gasteiger partial charge in [0.15, 0.2) is 0 Å². The number of benzene rings is 1. The molecule has 1 aromatic heterocycles. The molecule has 0 radical (unpaired) electrons. The van der Waals surface area contributed by atoms with E-state index in [1.165, 1.54) is 5.56 Å². The quantitative estimate of drug-likeness (QED) is 0.910. The van der Waals surface area contributed by atoms with Gasteiger partial charge in [0, 0.05) is 43.5 Å². The summed E-state index contributed by atoms with van der Waals surface area (Å²) in [5.41, 5.74) is 4.39. The molecule has 0 saturated carbocycles. The molecule has 1 aliphatic rings. The highest BCUT2D eigenvalue weighted by Crippen LogP contribution is 2.24. The van der Waals surface area contributed by atoms with Crippen molar-refractivity contribution in [3.8, 4) is 0 Å². The van der Waals surface area contributed by atoms with Gasteiger partial charge in [-0.1, -0.05) is 30.3 Å². The fraction of sp³-hybridized carbons (Fsp3) is 0.500. The van der Waals surface area contributed by atoms with Crippen LogP contribution >= 0.6 is 0 Å². The molecule has 1 aromatic carbocycles. The van der Waals surface area contributed by atoms with Crippen LogP contribution in [-0.4, -0.2) is 39.7 Å². The summed E-state index contributed by atoms with van der Waals surface area (Å²) < 4.78 is 1.84. The average Bonchev–Trinajstić information content (AvgIpc) is 3.15. The van der Waals surface area contributed by atoms with Crippen molar-refractivity contribution >= 4 is 5.91 Å². The predicted octanol–water partition coefficient (Wildman–Crippen LogP) is 2.53. The maximum absolute atomic E-state index is 12.5. The maximum atomic E-state index is 12.5. The lowest BCUT2D eigenvalue weighted by Crippen LogP contribution is -2.38. The van der Waals surface area contributed by atoms with Crippen LogP contribution in [0.1, 0.15) is 41.9 Å². The van der Waals surface area contributed by atoms with E-state index in [1.807, 2.05) is 31.6 Å². The molecule has 1 N–H and O–H groups in total. The largest absolute Gasteiger partial charge is 0.352 e. The molecule has 1 fully saturated rings. The Kier molecular flexibility index (Phi) is 5.23. The van der Waals surface area contributed by atoms with E-state index in [0.717, 1.165) is 36.5 Å². The molecular formula is C20H28N4O. The van der Waals surface area contributed by atoms with Crippen LogP contribution < -0.4 is 5.32 Å². The molecule has 0 bridgehead atoms. The third-order valence-electron chi connectivity index (χ3n) is 5.41. The van der Waals surface area contributed by atoms with E-state index in [1.54, 1.807) is 0 Å².